The molecule has 1 unspecified atom stereocenters. The van der Waals surface area contributed by atoms with Crippen molar-refractivity contribution in [2.75, 3.05) is 0 Å². The number of carbonyl (C=O) groups excluding carboxylic acids is 1. The van der Waals surface area contributed by atoms with Crippen LogP contribution in [0.1, 0.15) is 69.7 Å². The van der Waals surface area contributed by atoms with E-state index < -0.39 is 0 Å². The average Bonchev–Trinajstić information content (AvgIpc) is 3.54. The first-order chi connectivity index (χ1) is 15.6. The fraction of sp³-hybridized carbons (Fsp3) is 0.259. The molecule has 0 N–H and O–H groups in total. The molecule has 2 aromatic carbocycles. The highest BCUT2D eigenvalue weighted by atomic mass is 16.4. The molecule has 2 aromatic heterocycles. The Kier molecular flexibility index (Phi) is 5.39. The third-order valence-electron chi connectivity index (χ3n) is 6.10. The SMILES string of the molecule is Cc1cc(C(=O)CC(c2ccc(-c3nnc(C4CC4)o3)cc2)c2ccccc2C)ccn1. The molecule has 1 atom stereocenters. The molecule has 5 rings (SSSR count). The lowest BCUT2D eigenvalue weighted by molar-refractivity contribution is 0.0977. The summed E-state index contributed by atoms with van der Waals surface area (Å²) in [5.41, 5.74) is 5.86. The summed E-state index contributed by atoms with van der Waals surface area (Å²) in [6.45, 7) is 4.00. The van der Waals surface area contributed by atoms with Crippen LogP contribution in [0, 0.1) is 13.8 Å². The zero-order valence-electron chi connectivity index (χ0n) is 18.3. The van der Waals surface area contributed by atoms with Crippen LogP contribution in [0.5, 0.6) is 0 Å². The summed E-state index contributed by atoms with van der Waals surface area (Å²) in [5.74, 6) is 1.79. The van der Waals surface area contributed by atoms with Crippen molar-refractivity contribution in [1.29, 1.82) is 0 Å². The van der Waals surface area contributed by atoms with Gasteiger partial charge in [-0.1, -0.05) is 36.4 Å². The normalized spacial score (nSPS) is 14.3. The highest BCUT2D eigenvalue weighted by Crippen LogP contribution is 2.40. The molecule has 4 aromatic rings. The van der Waals surface area contributed by atoms with Gasteiger partial charge in [0.25, 0.3) is 0 Å². The van der Waals surface area contributed by atoms with Gasteiger partial charge in [0.15, 0.2) is 5.78 Å². The lowest BCUT2D eigenvalue weighted by atomic mass is 9.83. The number of Topliss-reactive ketones (excluding diaryl/α,β-unsaturated/α-hetero) is 1. The molecule has 1 saturated carbocycles. The quantitative estimate of drug-likeness (QED) is 0.339. The van der Waals surface area contributed by atoms with Crippen LogP contribution < -0.4 is 0 Å². The minimum atomic E-state index is -0.0454. The molecule has 5 nitrogen and oxygen atoms in total. The van der Waals surface area contributed by atoms with E-state index in [0.29, 0.717) is 23.8 Å². The van der Waals surface area contributed by atoms with Gasteiger partial charge in [-0.25, -0.2) is 0 Å². The van der Waals surface area contributed by atoms with Crippen molar-refractivity contribution in [2.24, 2.45) is 0 Å². The number of hydrogen-bond acceptors (Lipinski definition) is 5. The molecule has 0 bridgehead atoms. The Morgan fingerprint density at radius 2 is 1.81 bits per heavy atom. The second kappa shape index (κ2) is 8.50. The molecule has 0 spiro atoms. The number of aryl methyl sites for hydroxylation is 2. The van der Waals surface area contributed by atoms with Crippen LogP contribution in [-0.4, -0.2) is 21.0 Å². The van der Waals surface area contributed by atoms with Crippen LogP contribution in [0.3, 0.4) is 0 Å². The molecule has 5 heteroatoms. The van der Waals surface area contributed by atoms with Crippen molar-refractivity contribution in [1.82, 2.24) is 15.2 Å². The number of aromatic nitrogens is 3. The molecule has 2 heterocycles. The van der Waals surface area contributed by atoms with Crippen LogP contribution in [-0.2, 0) is 0 Å². The standard InChI is InChI=1S/C27H25N3O2/c1-17-5-3-4-6-23(17)24(16-25(31)22-13-14-28-18(2)15-22)19-7-9-20(10-8-19)26-29-30-27(32-26)21-11-12-21/h3-10,13-15,21,24H,11-12,16H2,1-2H3. The summed E-state index contributed by atoms with van der Waals surface area (Å²) >= 11 is 0. The molecule has 0 radical (unpaired) electrons. The number of ketones is 1. The molecule has 1 fully saturated rings. The Labute approximate surface area is 187 Å². The van der Waals surface area contributed by atoms with E-state index in [4.69, 9.17) is 4.42 Å². The summed E-state index contributed by atoms with van der Waals surface area (Å²) in [6.07, 6.45) is 4.34. The summed E-state index contributed by atoms with van der Waals surface area (Å²) in [4.78, 5) is 17.4. The predicted octanol–water partition coefficient (Wildman–Crippen LogP) is 6.03. The van der Waals surface area contributed by atoms with Crippen molar-refractivity contribution in [2.45, 2.75) is 44.9 Å². The van der Waals surface area contributed by atoms with Crippen LogP contribution in [0.2, 0.25) is 0 Å². The van der Waals surface area contributed by atoms with Gasteiger partial charge in [0.1, 0.15) is 0 Å². The van der Waals surface area contributed by atoms with Crippen LogP contribution in [0.25, 0.3) is 11.5 Å². The van der Waals surface area contributed by atoms with Crippen molar-refractivity contribution < 1.29 is 9.21 Å². The topological polar surface area (TPSA) is 68.9 Å². The summed E-state index contributed by atoms with van der Waals surface area (Å²) < 4.78 is 5.85. The van der Waals surface area contributed by atoms with Gasteiger partial charge in [-0.3, -0.25) is 9.78 Å². The Balaban J connectivity index is 1.45. The molecular formula is C27H25N3O2. The fourth-order valence-corrected chi connectivity index (χ4v) is 4.11. The first-order valence-electron chi connectivity index (χ1n) is 11.0. The van der Waals surface area contributed by atoms with Gasteiger partial charge < -0.3 is 4.42 Å². The highest BCUT2D eigenvalue weighted by molar-refractivity contribution is 5.96. The lowest BCUT2D eigenvalue weighted by Gasteiger charge is -2.20. The largest absolute Gasteiger partial charge is 0.420 e. The van der Waals surface area contributed by atoms with Gasteiger partial charge in [0.2, 0.25) is 11.8 Å². The van der Waals surface area contributed by atoms with Crippen molar-refractivity contribution in [3.8, 4) is 11.5 Å². The van der Waals surface area contributed by atoms with E-state index in [9.17, 15) is 4.79 Å². The van der Waals surface area contributed by atoms with Gasteiger partial charge in [0, 0.05) is 41.3 Å². The van der Waals surface area contributed by atoms with Crippen LogP contribution in [0.15, 0.2) is 71.3 Å². The van der Waals surface area contributed by atoms with E-state index in [0.717, 1.165) is 41.1 Å². The smallest absolute Gasteiger partial charge is 0.247 e. The Morgan fingerprint density at radius 1 is 1.03 bits per heavy atom. The predicted molar refractivity (Wildman–Crippen MR) is 123 cm³/mol. The maximum atomic E-state index is 13.2. The Bertz CT molecular complexity index is 1260. The molecule has 0 aliphatic heterocycles. The molecule has 1 aliphatic rings. The van der Waals surface area contributed by atoms with Gasteiger partial charge >= 0.3 is 0 Å². The zero-order chi connectivity index (χ0) is 22.1. The molecule has 0 amide bonds. The van der Waals surface area contributed by atoms with Gasteiger partial charge in [-0.2, -0.15) is 0 Å². The third kappa shape index (κ3) is 4.24. The maximum absolute atomic E-state index is 13.2. The fourth-order valence-electron chi connectivity index (χ4n) is 4.11. The second-order valence-corrected chi connectivity index (χ2v) is 8.56. The molecule has 160 valence electrons. The monoisotopic (exact) mass is 423 g/mol. The minimum Gasteiger partial charge on any atom is -0.420 e. The molecule has 0 saturated heterocycles. The Hall–Kier alpha value is -3.60. The maximum Gasteiger partial charge on any atom is 0.247 e. The van der Waals surface area contributed by atoms with Crippen molar-refractivity contribution in [3.05, 3.63) is 101 Å². The lowest BCUT2D eigenvalue weighted by Crippen LogP contribution is -2.11. The van der Waals surface area contributed by atoms with E-state index >= 15 is 0 Å². The van der Waals surface area contributed by atoms with E-state index in [1.54, 1.807) is 12.3 Å². The molecule has 32 heavy (non-hydrogen) atoms. The van der Waals surface area contributed by atoms with Crippen molar-refractivity contribution in [3.63, 3.8) is 0 Å². The van der Waals surface area contributed by atoms with Crippen LogP contribution in [0.4, 0.5) is 0 Å². The van der Waals surface area contributed by atoms with E-state index in [2.05, 4.69) is 46.4 Å². The van der Waals surface area contributed by atoms with E-state index in [1.165, 1.54) is 5.56 Å². The number of carbonyl (C=O) groups is 1. The third-order valence-corrected chi connectivity index (χ3v) is 6.10. The number of nitrogens with zero attached hydrogens (tertiary/aromatic N) is 3. The summed E-state index contributed by atoms with van der Waals surface area (Å²) in [6, 6.07) is 20.1. The van der Waals surface area contributed by atoms with E-state index in [-0.39, 0.29) is 11.7 Å². The first-order valence-corrected chi connectivity index (χ1v) is 11.0. The number of benzene rings is 2. The average molecular weight is 424 g/mol. The molecule has 1 aliphatic carbocycles. The number of pyridine rings is 1. The van der Waals surface area contributed by atoms with Gasteiger partial charge in [0.05, 0.1) is 0 Å². The van der Waals surface area contributed by atoms with Gasteiger partial charge in [-0.05, 0) is 67.6 Å². The van der Waals surface area contributed by atoms with Gasteiger partial charge in [-0.15, -0.1) is 10.2 Å². The number of rotatable bonds is 7. The Morgan fingerprint density at radius 3 is 2.53 bits per heavy atom. The summed E-state index contributed by atoms with van der Waals surface area (Å²) in [5, 5.41) is 8.40. The number of hydrogen-bond donors (Lipinski definition) is 0. The first kappa shape index (κ1) is 20.3. The van der Waals surface area contributed by atoms with E-state index in [1.807, 2.05) is 37.3 Å². The molecular weight excluding hydrogens is 398 g/mol. The summed E-state index contributed by atoms with van der Waals surface area (Å²) in [7, 11) is 0. The highest BCUT2D eigenvalue weighted by Gasteiger charge is 2.29. The van der Waals surface area contributed by atoms with Crippen molar-refractivity contribution >= 4 is 5.78 Å². The van der Waals surface area contributed by atoms with Crippen LogP contribution >= 0.6 is 0 Å². The minimum absolute atomic E-state index is 0.0454. The second-order valence-electron chi connectivity index (χ2n) is 8.56. The zero-order valence-corrected chi connectivity index (χ0v) is 18.3.